The standard InChI is InChI=1S/C16H21NO2/c18-16(14-8-4-5-9-14)17-10-11-19-12-15(17)13-6-2-1-3-7-13/h1-3,6-7,14-15H,4-5,8-12H2/t15-/m0/s1. The zero-order chi connectivity index (χ0) is 13.1. The minimum atomic E-state index is 0.100. The molecule has 3 heteroatoms. The van der Waals surface area contributed by atoms with Crippen molar-refractivity contribution in [2.24, 2.45) is 5.92 Å². The minimum Gasteiger partial charge on any atom is -0.377 e. The van der Waals surface area contributed by atoms with Crippen molar-refractivity contribution in [1.29, 1.82) is 0 Å². The number of carbonyl (C=O) groups is 1. The van der Waals surface area contributed by atoms with E-state index in [-0.39, 0.29) is 12.0 Å². The number of nitrogens with zero attached hydrogens (tertiary/aromatic N) is 1. The first-order valence-electron chi connectivity index (χ1n) is 7.29. The van der Waals surface area contributed by atoms with E-state index < -0.39 is 0 Å². The van der Waals surface area contributed by atoms with Crippen molar-refractivity contribution < 1.29 is 9.53 Å². The van der Waals surface area contributed by atoms with Crippen molar-refractivity contribution in [2.45, 2.75) is 31.7 Å². The Balaban J connectivity index is 1.79. The molecular weight excluding hydrogens is 238 g/mol. The summed E-state index contributed by atoms with van der Waals surface area (Å²) < 4.78 is 5.59. The molecular formula is C16H21NO2. The van der Waals surface area contributed by atoms with Crippen LogP contribution in [0.2, 0.25) is 0 Å². The normalized spacial score (nSPS) is 24.6. The molecule has 0 aromatic heterocycles. The van der Waals surface area contributed by atoms with Gasteiger partial charge in [-0.25, -0.2) is 0 Å². The molecule has 2 fully saturated rings. The third kappa shape index (κ3) is 2.66. The lowest BCUT2D eigenvalue weighted by Crippen LogP contribution is -2.45. The fourth-order valence-electron chi connectivity index (χ4n) is 3.23. The maximum atomic E-state index is 12.7. The van der Waals surface area contributed by atoms with E-state index in [0.29, 0.717) is 19.1 Å². The van der Waals surface area contributed by atoms with Gasteiger partial charge in [0.2, 0.25) is 5.91 Å². The molecule has 1 aliphatic heterocycles. The molecule has 19 heavy (non-hydrogen) atoms. The summed E-state index contributed by atoms with van der Waals surface area (Å²) in [6.45, 7) is 2.03. The Bertz CT molecular complexity index is 426. The van der Waals surface area contributed by atoms with Crippen LogP contribution in [0.5, 0.6) is 0 Å². The lowest BCUT2D eigenvalue weighted by molar-refractivity contribution is -0.144. The fraction of sp³-hybridized carbons (Fsp3) is 0.562. The molecule has 102 valence electrons. The maximum Gasteiger partial charge on any atom is 0.226 e. The Kier molecular flexibility index (Phi) is 3.83. The SMILES string of the molecule is O=C(C1CCCC1)N1CCOC[C@H]1c1ccccc1. The quantitative estimate of drug-likeness (QED) is 0.817. The number of morpholine rings is 1. The van der Waals surface area contributed by atoms with Gasteiger partial charge in [0.05, 0.1) is 19.3 Å². The highest BCUT2D eigenvalue weighted by Gasteiger charge is 2.33. The van der Waals surface area contributed by atoms with E-state index in [9.17, 15) is 4.79 Å². The van der Waals surface area contributed by atoms with Crippen molar-refractivity contribution in [2.75, 3.05) is 19.8 Å². The molecule has 0 unspecified atom stereocenters. The van der Waals surface area contributed by atoms with Gasteiger partial charge < -0.3 is 9.64 Å². The molecule has 1 aromatic carbocycles. The van der Waals surface area contributed by atoms with E-state index in [1.807, 2.05) is 18.2 Å². The van der Waals surface area contributed by atoms with Crippen molar-refractivity contribution in [3.63, 3.8) is 0 Å². The first kappa shape index (κ1) is 12.7. The second-order valence-corrected chi connectivity index (χ2v) is 5.51. The van der Waals surface area contributed by atoms with Crippen molar-refractivity contribution in [1.82, 2.24) is 4.90 Å². The van der Waals surface area contributed by atoms with Crippen LogP contribution in [0.15, 0.2) is 30.3 Å². The smallest absolute Gasteiger partial charge is 0.226 e. The van der Waals surface area contributed by atoms with Gasteiger partial charge in [-0.1, -0.05) is 43.2 Å². The summed E-state index contributed by atoms with van der Waals surface area (Å²) in [7, 11) is 0. The van der Waals surface area contributed by atoms with Crippen LogP contribution >= 0.6 is 0 Å². The average Bonchev–Trinajstić information content (AvgIpc) is 3.02. The van der Waals surface area contributed by atoms with Gasteiger partial charge in [-0.05, 0) is 18.4 Å². The molecule has 0 N–H and O–H groups in total. The molecule has 0 radical (unpaired) electrons. The lowest BCUT2D eigenvalue weighted by atomic mass is 10.0. The first-order chi connectivity index (χ1) is 9.36. The number of benzene rings is 1. The van der Waals surface area contributed by atoms with Crippen LogP contribution in [0.4, 0.5) is 0 Å². The number of hydrogen-bond donors (Lipinski definition) is 0. The third-order valence-corrected chi connectivity index (χ3v) is 4.30. The highest BCUT2D eigenvalue weighted by molar-refractivity contribution is 5.79. The predicted octanol–water partition coefficient (Wildman–Crippen LogP) is 2.78. The number of carbonyl (C=O) groups excluding carboxylic acids is 1. The van der Waals surface area contributed by atoms with Gasteiger partial charge in [-0.2, -0.15) is 0 Å². The Hall–Kier alpha value is -1.35. The summed E-state index contributed by atoms with van der Waals surface area (Å²) in [4.78, 5) is 14.7. The van der Waals surface area contributed by atoms with Crippen LogP contribution in [0.3, 0.4) is 0 Å². The zero-order valence-corrected chi connectivity index (χ0v) is 11.3. The first-order valence-corrected chi connectivity index (χ1v) is 7.29. The van der Waals surface area contributed by atoms with E-state index in [4.69, 9.17) is 4.74 Å². The van der Waals surface area contributed by atoms with Crippen LogP contribution in [-0.4, -0.2) is 30.6 Å². The van der Waals surface area contributed by atoms with E-state index in [0.717, 1.165) is 19.4 Å². The molecule has 3 rings (SSSR count). The Morgan fingerprint density at radius 3 is 2.63 bits per heavy atom. The molecule has 1 atom stereocenters. The fourth-order valence-corrected chi connectivity index (χ4v) is 3.23. The monoisotopic (exact) mass is 259 g/mol. The lowest BCUT2D eigenvalue weighted by Gasteiger charge is -2.37. The van der Waals surface area contributed by atoms with Gasteiger partial charge >= 0.3 is 0 Å². The van der Waals surface area contributed by atoms with Crippen LogP contribution < -0.4 is 0 Å². The van der Waals surface area contributed by atoms with Gasteiger partial charge in [0.25, 0.3) is 0 Å². The highest BCUT2D eigenvalue weighted by atomic mass is 16.5. The summed E-state index contributed by atoms with van der Waals surface area (Å²) in [6, 6.07) is 10.4. The number of ether oxygens (including phenoxy) is 1. The topological polar surface area (TPSA) is 29.5 Å². The van der Waals surface area contributed by atoms with Crippen LogP contribution in [0.25, 0.3) is 0 Å². The Morgan fingerprint density at radius 1 is 1.16 bits per heavy atom. The van der Waals surface area contributed by atoms with Crippen LogP contribution in [-0.2, 0) is 9.53 Å². The second kappa shape index (κ2) is 5.74. The van der Waals surface area contributed by atoms with Crippen molar-refractivity contribution in [3.8, 4) is 0 Å². The minimum absolute atomic E-state index is 0.100. The highest BCUT2D eigenvalue weighted by Crippen LogP contribution is 2.31. The van der Waals surface area contributed by atoms with Crippen molar-refractivity contribution in [3.05, 3.63) is 35.9 Å². The Labute approximate surface area is 114 Å². The molecule has 1 amide bonds. The molecule has 3 nitrogen and oxygen atoms in total. The largest absolute Gasteiger partial charge is 0.377 e. The van der Waals surface area contributed by atoms with Gasteiger partial charge in [-0.3, -0.25) is 4.79 Å². The zero-order valence-electron chi connectivity index (χ0n) is 11.3. The third-order valence-electron chi connectivity index (χ3n) is 4.30. The second-order valence-electron chi connectivity index (χ2n) is 5.51. The molecule has 1 saturated carbocycles. The molecule has 1 aliphatic carbocycles. The summed E-state index contributed by atoms with van der Waals surface area (Å²) in [6.07, 6.45) is 4.54. The van der Waals surface area contributed by atoms with Gasteiger partial charge in [-0.15, -0.1) is 0 Å². The van der Waals surface area contributed by atoms with Crippen LogP contribution in [0.1, 0.15) is 37.3 Å². The van der Waals surface area contributed by atoms with Gasteiger partial charge in [0.1, 0.15) is 0 Å². The molecule has 2 aliphatic rings. The van der Waals surface area contributed by atoms with Crippen LogP contribution in [0, 0.1) is 5.92 Å². The van der Waals surface area contributed by atoms with Gasteiger partial charge in [0.15, 0.2) is 0 Å². The van der Waals surface area contributed by atoms with E-state index in [1.165, 1.54) is 18.4 Å². The average molecular weight is 259 g/mol. The summed E-state index contributed by atoms with van der Waals surface area (Å²) >= 11 is 0. The summed E-state index contributed by atoms with van der Waals surface area (Å²) in [5.41, 5.74) is 1.19. The number of amides is 1. The van der Waals surface area contributed by atoms with E-state index in [1.54, 1.807) is 0 Å². The number of rotatable bonds is 2. The van der Waals surface area contributed by atoms with Crippen molar-refractivity contribution >= 4 is 5.91 Å². The number of hydrogen-bond acceptors (Lipinski definition) is 2. The molecule has 0 bridgehead atoms. The summed E-state index contributed by atoms with van der Waals surface area (Å²) in [5, 5.41) is 0. The molecule has 0 spiro atoms. The molecule has 1 aromatic rings. The summed E-state index contributed by atoms with van der Waals surface area (Å²) in [5.74, 6) is 0.596. The van der Waals surface area contributed by atoms with E-state index in [2.05, 4.69) is 17.0 Å². The maximum absolute atomic E-state index is 12.7. The molecule has 1 heterocycles. The van der Waals surface area contributed by atoms with Gasteiger partial charge in [0, 0.05) is 12.5 Å². The van der Waals surface area contributed by atoms with E-state index >= 15 is 0 Å². The predicted molar refractivity (Wildman–Crippen MR) is 73.7 cm³/mol. The molecule has 1 saturated heterocycles. The Morgan fingerprint density at radius 2 is 1.89 bits per heavy atom.